The lowest BCUT2D eigenvalue weighted by Crippen LogP contribution is -2.50. The number of nitrogens with zero attached hydrogens (tertiary/aromatic N) is 1. The van der Waals surface area contributed by atoms with E-state index in [1.165, 1.54) is 12.8 Å². The van der Waals surface area contributed by atoms with E-state index in [4.69, 9.17) is 0 Å². The van der Waals surface area contributed by atoms with Crippen LogP contribution in [0, 0.1) is 11.7 Å². The Kier molecular flexibility index (Phi) is 4.16. The Balaban J connectivity index is 1.73. The van der Waals surface area contributed by atoms with E-state index in [-0.39, 0.29) is 11.4 Å². The summed E-state index contributed by atoms with van der Waals surface area (Å²) in [7, 11) is 0. The van der Waals surface area contributed by atoms with Gasteiger partial charge in [-0.25, -0.2) is 4.39 Å². The number of nitrogens with one attached hydrogen (secondary N) is 1. The number of benzene rings is 1. The van der Waals surface area contributed by atoms with Gasteiger partial charge in [-0.1, -0.05) is 15.9 Å². The first kappa shape index (κ1) is 14.5. The molecule has 0 amide bonds. The maximum atomic E-state index is 13.9. The Hall–Kier alpha value is -0.450. The summed E-state index contributed by atoms with van der Waals surface area (Å²) in [5.41, 5.74) is 0.998. The van der Waals surface area contributed by atoms with Gasteiger partial charge in [0, 0.05) is 28.7 Å². The van der Waals surface area contributed by atoms with Crippen molar-refractivity contribution in [3.8, 4) is 0 Å². The molecule has 1 N–H and O–H groups in total. The summed E-state index contributed by atoms with van der Waals surface area (Å²) in [6.07, 6.45) is 3.81. The molecule has 110 valence electrons. The molecule has 20 heavy (non-hydrogen) atoms. The highest BCUT2D eigenvalue weighted by Crippen LogP contribution is 2.40. The normalized spacial score (nSPS) is 28.4. The van der Waals surface area contributed by atoms with Gasteiger partial charge in [-0.15, -0.1) is 0 Å². The molecular weight excluding hydrogens is 319 g/mol. The molecule has 1 aliphatic carbocycles. The Labute approximate surface area is 128 Å². The van der Waals surface area contributed by atoms with Crippen LogP contribution < -0.4 is 5.32 Å². The minimum absolute atomic E-state index is 0.0986. The summed E-state index contributed by atoms with van der Waals surface area (Å²) in [4.78, 5) is 2.41. The van der Waals surface area contributed by atoms with Crippen LogP contribution in [0.2, 0.25) is 0 Å². The summed E-state index contributed by atoms with van der Waals surface area (Å²) in [6, 6.07) is 5.22. The van der Waals surface area contributed by atoms with Gasteiger partial charge in [-0.2, -0.15) is 0 Å². The van der Waals surface area contributed by atoms with E-state index >= 15 is 0 Å². The van der Waals surface area contributed by atoms with E-state index in [0.717, 1.165) is 42.0 Å². The Morgan fingerprint density at radius 1 is 1.45 bits per heavy atom. The molecule has 0 spiro atoms. The third-order valence-electron chi connectivity index (χ3n) is 4.61. The molecule has 1 unspecified atom stereocenters. The predicted molar refractivity (Wildman–Crippen MR) is 83.1 cm³/mol. The predicted octanol–water partition coefficient (Wildman–Crippen LogP) is 3.55. The first-order chi connectivity index (χ1) is 9.57. The van der Waals surface area contributed by atoms with E-state index < -0.39 is 0 Å². The quantitative estimate of drug-likeness (QED) is 0.905. The molecule has 1 heterocycles. The second kappa shape index (κ2) is 5.74. The topological polar surface area (TPSA) is 15.3 Å². The van der Waals surface area contributed by atoms with Gasteiger partial charge in [0.1, 0.15) is 5.82 Å². The summed E-state index contributed by atoms with van der Waals surface area (Å²) in [5.74, 6) is 0.703. The van der Waals surface area contributed by atoms with Crippen molar-refractivity contribution in [3.63, 3.8) is 0 Å². The van der Waals surface area contributed by atoms with Gasteiger partial charge in [0.05, 0.1) is 0 Å². The van der Waals surface area contributed by atoms with Gasteiger partial charge < -0.3 is 5.32 Å². The second-order valence-corrected chi connectivity index (χ2v) is 7.33. The van der Waals surface area contributed by atoms with Crippen LogP contribution in [0.3, 0.4) is 0 Å². The molecule has 1 aromatic rings. The molecule has 4 heteroatoms. The maximum Gasteiger partial charge on any atom is 0.127 e. The van der Waals surface area contributed by atoms with E-state index in [1.807, 2.05) is 6.07 Å². The van der Waals surface area contributed by atoms with Crippen LogP contribution in [-0.2, 0) is 6.54 Å². The summed E-state index contributed by atoms with van der Waals surface area (Å²) >= 11 is 3.43. The minimum atomic E-state index is -0.0986. The molecule has 0 radical (unpaired) electrons. The fraction of sp³-hybridized carbons (Fsp3) is 0.625. The van der Waals surface area contributed by atoms with Crippen molar-refractivity contribution in [2.75, 3.05) is 19.6 Å². The summed E-state index contributed by atoms with van der Waals surface area (Å²) < 4.78 is 14.9. The first-order valence-corrected chi connectivity index (χ1v) is 8.27. The minimum Gasteiger partial charge on any atom is -0.310 e. The highest BCUT2D eigenvalue weighted by molar-refractivity contribution is 9.10. The van der Waals surface area contributed by atoms with E-state index in [1.54, 1.807) is 12.1 Å². The lowest BCUT2D eigenvalue weighted by molar-refractivity contribution is 0.193. The van der Waals surface area contributed by atoms with Crippen LogP contribution in [0.5, 0.6) is 0 Å². The fourth-order valence-electron chi connectivity index (χ4n) is 3.31. The van der Waals surface area contributed by atoms with Crippen molar-refractivity contribution in [2.24, 2.45) is 5.92 Å². The number of hydrogen-bond acceptors (Lipinski definition) is 2. The van der Waals surface area contributed by atoms with Gasteiger partial charge in [-0.3, -0.25) is 4.90 Å². The fourth-order valence-corrected chi connectivity index (χ4v) is 3.72. The summed E-state index contributed by atoms with van der Waals surface area (Å²) in [6.45, 7) is 6.17. The van der Waals surface area contributed by atoms with Crippen molar-refractivity contribution in [1.82, 2.24) is 10.2 Å². The molecule has 1 atom stereocenters. The SMILES string of the molecule is CC1(C2CC2)CN(Cc2cc(Br)ccc2F)CCCN1. The Morgan fingerprint density at radius 3 is 3.00 bits per heavy atom. The molecule has 2 aliphatic rings. The molecule has 0 bridgehead atoms. The maximum absolute atomic E-state index is 13.9. The molecule has 1 saturated heterocycles. The molecule has 2 nitrogen and oxygen atoms in total. The van der Waals surface area contributed by atoms with Gasteiger partial charge >= 0.3 is 0 Å². The average molecular weight is 341 g/mol. The van der Waals surface area contributed by atoms with Gasteiger partial charge in [0.15, 0.2) is 0 Å². The Bertz CT molecular complexity index is 489. The lowest BCUT2D eigenvalue weighted by atomic mass is 9.95. The number of rotatable bonds is 3. The average Bonchev–Trinajstić information content (AvgIpc) is 3.22. The standard InChI is InChI=1S/C16H22BrFN2/c1-16(13-3-4-13)11-20(8-2-7-19-16)10-12-9-14(17)5-6-15(12)18/h5-6,9,13,19H,2-4,7-8,10-11H2,1H3. The van der Waals surface area contributed by atoms with Crippen molar-refractivity contribution in [1.29, 1.82) is 0 Å². The molecule has 1 saturated carbocycles. The highest BCUT2D eigenvalue weighted by Gasteiger charge is 2.42. The van der Waals surface area contributed by atoms with Crippen molar-refractivity contribution in [2.45, 2.75) is 38.3 Å². The van der Waals surface area contributed by atoms with Gasteiger partial charge in [0.2, 0.25) is 0 Å². The molecule has 1 aliphatic heterocycles. The Morgan fingerprint density at radius 2 is 2.25 bits per heavy atom. The number of hydrogen-bond donors (Lipinski definition) is 1. The zero-order valence-corrected chi connectivity index (χ0v) is 13.5. The smallest absolute Gasteiger partial charge is 0.127 e. The van der Waals surface area contributed by atoms with E-state index in [2.05, 4.69) is 33.1 Å². The molecule has 3 rings (SSSR count). The zero-order valence-electron chi connectivity index (χ0n) is 12.0. The zero-order chi connectivity index (χ0) is 14.2. The largest absolute Gasteiger partial charge is 0.310 e. The van der Waals surface area contributed by atoms with Crippen LogP contribution in [-0.4, -0.2) is 30.1 Å². The molecular formula is C16H22BrFN2. The lowest BCUT2D eigenvalue weighted by Gasteiger charge is -2.34. The van der Waals surface area contributed by atoms with Crippen molar-refractivity contribution < 1.29 is 4.39 Å². The second-order valence-electron chi connectivity index (χ2n) is 6.42. The third kappa shape index (κ3) is 3.23. The van der Waals surface area contributed by atoms with Crippen molar-refractivity contribution >= 4 is 15.9 Å². The summed E-state index contributed by atoms with van der Waals surface area (Å²) in [5, 5.41) is 3.72. The van der Waals surface area contributed by atoms with E-state index in [9.17, 15) is 4.39 Å². The van der Waals surface area contributed by atoms with Crippen LogP contribution in [0.1, 0.15) is 31.7 Å². The van der Waals surface area contributed by atoms with Crippen LogP contribution in [0.25, 0.3) is 0 Å². The van der Waals surface area contributed by atoms with Gasteiger partial charge in [-0.05, 0) is 63.4 Å². The van der Waals surface area contributed by atoms with Crippen LogP contribution in [0.4, 0.5) is 4.39 Å². The monoisotopic (exact) mass is 340 g/mol. The highest BCUT2D eigenvalue weighted by atomic mass is 79.9. The number of halogens is 2. The molecule has 2 fully saturated rings. The van der Waals surface area contributed by atoms with E-state index in [0.29, 0.717) is 6.54 Å². The molecule has 0 aromatic heterocycles. The van der Waals surface area contributed by atoms with Crippen LogP contribution in [0.15, 0.2) is 22.7 Å². The van der Waals surface area contributed by atoms with Crippen LogP contribution >= 0.6 is 15.9 Å². The van der Waals surface area contributed by atoms with Gasteiger partial charge in [0.25, 0.3) is 0 Å². The molecule has 1 aromatic carbocycles. The third-order valence-corrected chi connectivity index (χ3v) is 5.11. The first-order valence-electron chi connectivity index (χ1n) is 7.48. The van der Waals surface area contributed by atoms with Crippen molar-refractivity contribution in [3.05, 3.63) is 34.1 Å².